The third-order valence-electron chi connectivity index (χ3n) is 3.31. The minimum atomic E-state index is -0.394. The molecule has 10 nitrogen and oxygen atoms in total. The molecule has 0 fully saturated rings. The van der Waals surface area contributed by atoms with Crippen molar-refractivity contribution in [3.8, 4) is 11.5 Å². The quantitative estimate of drug-likeness (QED) is 0.560. The van der Waals surface area contributed by atoms with E-state index in [9.17, 15) is 4.79 Å². The summed E-state index contributed by atoms with van der Waals surface area (Å²) in [6, 6.07) is 7.15. The predicted octanol–water partition coefficient (Wildman–Crippen LogP) is 0.542. The highest BCUT2D eigenvalue weighted by molar-refractivity contribution is 5.90. The van der Waals surface area contributed by atoms with E-state index in [0.717, 1.165) is 0 Å². The number of amides is 1. The van der Waals surface area contributed by atoms with Gasteiger partial charge < -0.3 is 9.84 Å². The number of carbonyl (C=O) groups is 1. The summed E-state index contributed by atoms with van der Waals surface area (Å²) in [6.07, 6.45) is 5.30. The number of fused-ring (bicyclic) bond motifs is 1. The van der Waals surface area contributed by atoms with Crippen LogP contribution in [0.2, 0.25) is 0 Å². The molecule has 0 unspecified atom stereocenters. The summed E-state index contributed by atoms with van der Waals surface area (Å²) in [5.41, 5.74) is 0.628. The van der Waals surface area contributed by atoms with E-state index in [1.807, 2.05) is 12.1 Å². The molecule has 0 aliphatic carbocycles. The molecule has 4 aromatic heterocycles. The number of nitrogens with zero attached hydrogens (tertiary/aromatic N) is 7. The molecule has 0 aliphatic heterocycles. The van der Waals surface area contributed by atoms with Gasteiger partial charge in [0.05, 0.1) is 0 Å². The standard InChI is InChI=1S/C15H12N8O2/c24-14(13-20-15-18-7-3-9-23(15)21-13)17-8-5-11-19-12(22-25-11)10-4-1-2-6-16-10/h1-4,6-7,9H,5,8H2,(H,17,24). The molecule has 0 aromatic carbocycles. The van der Waals surface area contributed by atoms with Crippen molar-refractivity contribution in [3.05, 3.63) is 54.6 Å². The number of hydrogen-bond donors (Lipinski definition) is 1. The maximum Gasteiger partial charge on any atom is 0.291 e. The van der Waals surface area contributed by atoms with Gasteiger partial charge >= 0.3 is 0 Å². The van der Waals surface area contributed by atoms with Crippen LogP contribution in [0.3, 0.4) is 0 Å². The number of carbonyl (C=O) groups excluding carboxylic acids is 1. The van der Waals surface area contributed by atoms with Gasteiger partial charge in [-0.2, -0.15) is 9.97 Å². The maximum absolute atomic E-state index is 12.1. The average molecular weight is 336 g/mol. The lowest BCUT2D eigenvalue weighted by Crippen LogP contribution is -2.26. The first kappa shape index (κ1) is 14.9. The lowest BCUT2D eigenvalue weighted by atomic mass is 10.3. The summed E-state index contributed by atoms with van der Waals surface area (Å²) < 4.78 is 6.59. The zero-order valence-corrected chi connectivity index (χ0v) is 12.9. The van der Waals surface area contributed by atoms with Gasteiger partial charge in [-0.15, -0.1) is 5.10 Å². The summed E-state index contributed by atoms with van der Waals surface area (Å²) in [6.45, 7) is 0.311. The van der Waals surface area contributed by atoms with E-state index in [-0.39, 0.29) is 5.82 Å². The lowest BCUT2D eigenvalue weighted by molar-refractivity contribution is 0.0943. The monoisotopic (exact) mass is 336 g/mol. The highest BCUT2D eigenvalue weighted by atomic mass is 16.5. The summed E-state index contributed by atoms with van der Waals surface area (Å²) in [5.74, 6) is 0.846. The molecule has 1 amide bonds. The lowest BCUT2D eigenvalue weighted by Gasteiger charge is -1.98. The van der Waals surface area contributed by atoms with Crippen molar-refractivity contribution in [2.45, 2.75) is 6.42 Å². The zero-order chi connectivity index (χ0) is 17.1. The number of rotatable bonds is 5. The predicted molar refractivity (Wildman–Crippen MR) is 84.3 cm³/mol. The number of hydrogen-bond acceptors (Lipinski definition) is 8. The van der Waals surface area contributed by atoms with E-state index in [1.54, 1.807) is 30.7 Å². The largest absolute Gasteiger partial charge is 0.349 e. The van der Waals surface area contributed by atoms with Crippen molar-refractivity contribution in [3.63, 3.8) is 0 Å². The van der Waals surface area contributed by atoms with Crippen LogP contribution >= 0.6 is 0 Å². The Morgan fingerprint density at radius 1 is 1.16 bits per heavy atom. The highest BCUT2D eigenvalue weighted by Crippen LogP contribution is 2.11. The zero-order valence-electron chi connectivity index (χ0n) is 12.9. The van der Waals surface area contributed by atoms with Crippen molar-refractivity contribution in [2.24, 2.45) is 0 Å². The van der Waals surface area contributed by atoms with Gasteiger partial charge in [0.15, 0.2) is 0 Å². The van der Waals surface area contributed by atoms with Crippen LogP contribution in [-0.2, 0) is 6.42 Å². The first-order chi connectivity index (χ1) is 12.3. The SMILES string of the molecule is O=C(NCCc1nc(-c2ccccn2)no1)c1nc2ncccn2n1. The Balaban J connectivity index is 1.36. The Morgan fingerprint density at radius 3 is 2.92 bits per heavy atom. The van der Waals surface area contributed by atoms with Gasteiger partial charge in [-0.3, -0.25) is 9.78 Å². The molecule has 1 N–H and O–H groups in total. The van der Waals surface area contributed by atoms with Gasteiger partial charge in [0.25, 0.3) is 11.7 Å². The molecule has 4 heterocycles. The van der Waals surface area contributed by atoms with Crippen molar-refractivity contribution >= 4 is 11.7 Å². The van der Waals surface area contributed by atoms with Gasteiger partial charge in [0, 0.05) is 31.6 Å². The average Bonchev–Trinajstić information content (AvgIpc) is 3.29. The molecule has 0 bridgehead atoms. The van der Waals surface area contributed by atoms with E-state index in [2.05, 4.69) is 35.5 Å². The van der Waals surface area contributed by atoms with Gasteiger partial charge in [0.2, 0.25) is 17.5 Å². The summed E-state index contributed by atoms with van der Waals surface area (Å²) >= 11 is 0. The molecule has 124 valence electrons. The molecule has 0 saturated carbocycles. The Kier molecular flexibility index (Phi) is 3.83. The van der Waals surface area contributed by atoms with Crippen LogP contribution in [0.4, 0.5) is 0 Å². The molecule has 25 heavy (non-hydrogen) atoms. The van der Waals surface area contributed by atoms with Crippen LogP contribution in [-0.4, -0.2) is 47.2 Å². The Bertz CT molecular complexity index is 977. The molecule has 4 rings (SSSR count). The minimum Gasteiger partial charge on any atom is -0.349 e. The first-order valence-electron chi connectivity index (χ1n) is 7.49. The van der Waals surface area contributed by atoms with Crippen molar-refractivity contribution in [1.82, 2.24) is 40.0 Å². The fourth-order valence-electron chi connectivity index (χ4n) is 2.15. The fraction of sp³-hybridized carbons (Fsp3) is 0.133. The minimum absolute atomic E-state index is 0.0541. The molecule has 0 saturated heterocycles. The van der Waals surface area contributed by atoms with Gasteiger partial charge in [-0.1, -0.05) is 11.2 Å². The van der Waals surface area contributed by atoms with Gasteiger partial charge in [-0.25, -0.2) is 9.50 Å². The fourth-order valence-corrected chi connectivity index (χ4v) is 2.15. The van der Waals surface area contributed by atoms with Crippen LogP contribution in [0.5, 0.6) is 0 Å². The van der Waals surface area contributed by atoms with Crippen molar-refractivity contribution < 1.29 is 9.32 Å². The Hall–Kier alpha value is -3.69. The summed E-state index contributed by atoms with van der Waals surface area (Å²) in [5, 5.41) is 10.6. The van der Waals surface area contributed by atoms with Crippen LogP contribution in [0.25, 0.3) is 17.3 Å². The smallest absolute Gasteiger partial charge is 0.291 e. The van der Waals surface area contributed by atoms with Crippen LogP contribution in [0, 0.1) is 0 Å². The Morgan fingerprint density at radius 2 is 2.08 bits per heavy atom. The number of pyridine rings is 1. The second-order valence-corrected chi connectivity index (χ2v) is 5.03. The third kappa shape index (κ3) is 3.17. The van der Waals surface area contributed by atoms with E-state index in [1.165, 1.54) is 4.52 Å². The number of nitrogens with one attached hydrogen (secondary N) is 1. The normalized spacial score (nSPS) is 10.9. The molecule has 0 aliphatic rings. The van der Waals surface area contributed by atoms with Crippen LogP contribution < -0.4 is 5.32 Å². The Labute approximate surface area is 141 Å². The number of aromatic nitrogens is 7. The van der Waals surface area contributed by atoms with Gasteiger partial charge in [0.1, 0.15) is 5.69 Å². The molecular formula is C15H12N8O2. The highest BCUT2D eigenvalue weighted by Gasteiger charge is 2.14. The summed E-state index contributed by atoms with van der Waals surface area (Å²) in [7, 11) is 0. The van der Waals surface area contributed by atoms with E-state index in [0.29, 0.717) is 36.2 Å². The summed E-state index contributed by atoms with van der Waals surface area (Å²) in [4.78, 5) is 28.5. The molecule has 0 spiro atoms. The first-order valence-corrected chi connectivity index (χ1v) is 7.49. The molecule has 0 atom stereocenters. The second-order valence-electron chi connectivity index (χ2n) is 5.03. The van der Waals surface area contributed by atoms with Crippen LogP contribution in [0.1, 0.15) is 16.5 Å². The topological polar surface area (TPSA) is 124 Å². The van der Waals surface area contributed by atoms with Gasteiger partial charge in [-0.05, 0) is 18.2 Å². The van der Waals surface area contributed by atoms with Crippen molar-refractivity contribution in [1.29, 1.82) is 0 Å². The maximum atomic E-state index is 12.1. The third-order valence-corrected chi connectivity index (χ3v) is 3.31. The van der Waals surface area contributed by atoms with Crippen LogP contribution in [0.15, 0.2) is 47.4 Å². The molecular weight excluding hydrogens is 324 g/mol. The van der Waals surface area contributed by atoms with E-state index >= 15 is 0 Å². The van der Waals surface area contributed by atoms with E-state index < -0.39 is 5.91 Å². The van der Waals surface area contributed by atoms with E-state index in [4.69, 9.17) is 4.52 Å². The molecule has 4 aromatic rings. The molecule has 10 heteroatoms. The second kappa shape index (κ2) is 6.43. The molecule has 0 radical (unpaired) electrons. The van der Waals surface area contributed by atoms with Crippen molar-refractivity contribution in [2.75, 3.05) is 6.54 Å².